The Balaban J connectivity index is 2.11. The Morgan fingerprint density at radius 1 is 1.27 bits per heavy atom. The monoisotopic (exact) mass is 241 g/mol. The molecule has 0 aromatic carbocycles. The molecule has 1 aliphatic heterocycles. The summed E-state index contributed by atoms with van der Waals surface area (Å²) in [6.07, 6.45) is 0.840. The van der Waals surface area contributed by atoms with Gasteiger partial charge in [0.05, 0.1) is 6.10 Å². The molecule has 1 saturated heterocycles. The van der Waals surface area contributed by atoms with E-state index < -0.39 is 21.9 Å². The lowest BCUT2D eigenvalue weighted by Crippen LogP contribution is -2.35. The molecule has 0 amide bonds. The molecule has 2 aliphatic rings. The van der Waals surface area contributed by atoms with E-state index in [2.05, 4.69) is 0 Å². The second-order valence-electron chi connectivity index (χ2n) is 4.19. The molecule has 15 heavy (non-hydrogen) atoms. The summed E-state index contributed by atoms with van der Waals surface area (Å²) < 4.78 is 47.6. The van der Waals surface area contributed by atoms with Gasteiger partial charge in [-0.25, -0.2) is 8.42 Å². The van der Waals surface area contributed by atoms with Gasteiger partial charge in [-0.3, -0.25) is 0 Å². The molecule has 88 valence electrons. The van der Waals surface area contributed by atoms with Gasteiger partial charge in [-0.15, -0.1) is 0 Å². The first-order valence-electron chi connectivity index (χ1n) is 4.88. The van der Waals surface area contributed by atoms with E-state index in [4.69, 9.17) is 0 Å². The first-order chi connectivity index (χ1) is 6.93. The molecular formula is C8H13F2NO3S. The molecule has 3 unspecified atom stereocenters. The first-order valence-corrected chi connectivity index (χ1v) is 6.38. The van der Waals surface area contributed by atoms with E-state index in [1.54, 1.807) is 0 Å². The number of fused-ring (bicyclic) bond motifs is 1. The van der Waals surface area contributed by atoms with Gasteiger partial charge in [-0.1, -0.05) is 0 Å². The minimum absolute atomic E-state index is 0.0402. The maximum Gasteiger partial charge on any atom is 0.350 e. The van der Waals surface area contributed by atoms with Crippen molar-refractivity contribution >= 4 is 10.0 Å². The van der Waals surface area contributed by atoms with Crippen LogP contribution in [0.25, 0.3) is 0 Å². The summed E-state index contributed by atoms with van der Waals surface area (Å²) in [5, 5.41) is 9.51. The van der Waals surface area contributed by atoms with Gasteiger partial charge in [0.1, 0.15) is 0 Å². The second kappa shape index (κ2) is 3.64. The number of sulfonamides is 1. The minimum atomic E-state index is -4.45. The average molecular weight is 241 g/mol. The van der Waals surface area contributed by atoms with Crippen molar-refractivity contribution < 1.29 is 22.3 Å². The molecule has 2 fully saturated rings. The molecule has 1 aliphatic carbocycles. The van der Waals surface area contributed by atoms with Crippen LogP contribution in [0, 0.1) is 11.8 Å². The van der Waals surface area contributed by atoms with Gasteiger partial charge in [0.15, 0.2) is 0 Å². The molecule has 1 heterocycles. The SMILES string of the molecule is O=S(=O)(C(F)F)N1CC2CCC(O)C2C1. The Hall–Kier alpha value is -0.270. The van der Waals surface area contributed by atoms with Crippen LogP contribution < -0.4 is 0 Å². The lowest BCUT2D eigenvalue weighted by molar-refractivity contribution is 0.129. The summed E-state index contributed by atoms with van der Waals surface area (Å²) in [6.45, 7) is 0.174. The Bertz CT molecular complexity index is 346. The third kappa shape index (κ3) is 1.76. The number of aliphatic hydroxyl groups is 1. The molecule has 0 aromatic heterocycles. The van der Waals surface area contributed by atoms with Crippen LogP contribution >= 0.6 is 0 Å². The number of hydrogen-bond donors (Lipinski definition) is 1. The summed E-state index contributed by atoms with van der Waals surface area (Å²) >= 11 is 0. The van der Waals surface area contributed by atoms with Gasteiger partial charge in [0.2, 0.25) is 0 Å². The number of halogens is 2. The Morgan fingerprint density at radius 3 is 2.47 bits per heavy atom. The van der Waals surface area contributed by atoms with Crippen molar-refractivity contribution in [3.63, 3.8) is 0 Å². The number of hydrogen-bond acceptors (Lipinski definition) is 3. The van der Waals surface area contributed by atoms with Crippen molar-refractivity contribution in [2.24, 2.45) is 11.8 Å². The molecule has 7 heteroatoms. The van der Waals surface area contributed by atoms with Crippen LogP contribution in [0.15, 0.2) is 0 Å². The van der Waals surface area contributed by atoms with E-state index in [-0.39, 0.29) is 24.9 Å². The molecule has 3 atom stereocenters. The van der Waals surface area contributed by atoms with Crippen LogP contribution in [-0.4, -0.2) is 42.8 Å². The summed E-state index contributed by atoms with van der Waals surface area (Å²) in [6, 6.07) is 0. The van der Waals surface area contributed by atoms with Gasteiger partial charge < -0.3 is 5.11 Å². The maximum atomic E-state index is 12.2. The number of alkyl halides is 2. The first kappa shape index (κ1) is 11.2. The van der Waals surface area contributed by atoms with Gasteiger partial charge in [0.25, 0.3) is 10.0 Å². The smallest absolute Gasteiger partial charge is 0.350 e. The van der Waals surface area contributed by atoms with Crippen LogP contribution in [0.4, 0.5) is 8.78 Å². The van der Waals surface area contributed by atoms with Crippen molar-refractivity contribution in [1.29, 1.82) is 0 Å². The van der Waals surface area contributed by atoms with E-state index >= 15 is 0 Å². The minimum Gasteiger partial charge on any atom is -0.393 e. The predicted octanol–water partition coefficient (Wildman–Crippen LogP) is 0.242. The highest BCUT2D eigenvalue weighted by molar-refractivity contribution is 7.89. The largest absolute Gasteiger partial charge is 0.393 e. The average Bonchev–Trinajstić information content (AvgIpc) is 2.68. The molecule has 0 spiro atoms. The fourth-order valence-electron chi connectivity index (χ4n) is 2.52. The normalized spacial score (nSPS) is 37.5. The molecule has 4 nitrogen and oxygen atoms in total. The summed E-state index contributed by atoms with van der Waals surface area (Å²) in [7, 11) is -4.45. The zero-order valence-corrected chi connectivity index (χ0v) is 8.83. The van der Waals surface area contributed by atoms with Crippen LogP contribution in [-0.2, 0) is 10.0 Å². The van der Waals surface area contributed by atoms with Crippen molar-refractivity contribution in [3.05, 3.63) is 0 Å². The molecule has 0 bridgehead atoms. The number of nitrogens with zero attached hydrogens (tertiary/aromatic N) is 1. The summed E-state index contributed by atoms with van der Waals surface area (Å²) in [5.74, 6) is -3.46. The molecule has 1 N–H and O–H groups in total. The van der Waals surface area contributed by atoms with Gasteiger partial charge in [0, 0.05) is 19.0 Å². The third-order valence-corrected chi connectivity index (χ3v) is 4.84. The maximum absolute atomic E-state index is 12.2. The van der Waals surface area contributed by atoms with E-state index in [9.17, 15) is 22.3 Å². The molecule has 0 radical (unpaired) electrons. The van der Waals surface area contributed by atoms with E-state index in [1.807, 2.05) is 0 Å². The molecule has 1 saturated carbocycles. The highest BCUT2D eigenvalue weighted by Gasteiger charge is 2.47. The fraction of sp³-hybridized carbons (Fsp3) is 1.00. The standard InChI is InChI=1S/C8H13F2NO3S/c9-8(10)15(13,14)11-3-5-1-2-7(12)6(5)4-11/h5-8,12H,1-4H2. The Labute approximate surface area is 86.9 Å². The zero-order valence-electron chi connectivity index (χ0n) is 8.01. The quantitative estimate of drug-likeness (QED) is 0.753. The van der Waals surface area contributed by atoms with Crippen molar-refractivity contribution in [2.75, 3.05) is 13.1 Å². The van der Waals surface area contributed by atoms with E-state index in [0.717, 1.165) is 10.7 Å². The van der Waals surface area contributed by atoms with Gasteiger partial charge in [-0.05, 0) is 18.8 Å². The van der Waals surface area contributed by atoms with E-state index in [1.165, 1.54) is 0 Å². The van der Waals surface area contributed by atoms with Crippen molar-refractivity contribution in [1.82, 2.24) is 4.31 Å². The predicted molar refractivity (Wildman–Crippen MR) is 48.7 cm³/mol. The fourth-order valence-corrected chi connectivity index (χ4v) is 3.52. The van der Waals surface area contributed by atoms with Crippen LogP contribution in [0.1, 0.15) is 12.8 Å². The highest BCUT2D eigenvalue weighted by atomic mass is 32.2. The van der Waals surface area contributed by atoms with E-state index in [0.29, 0.717) is 6.42 Å². The number of rotatable bonds is 2. The molecule has 2 rings (SSSR count). The Kier molecular flexibility index (Phi) is 2.72. The van der Waals surface area contributed by atoms with Crippen molar-refractivity contribution in [2.45, 2.75) is 24.7 Å². The Morgan fingerprint density at radius 2 is 1.93 bits per heavy atom. The summed E-state index contributed by atoms with van der Waals surface area (Å²) in [4.78, 5) is 0. The highest BCUT2D eigenvalue weighted by Crippen LogP contribution is 2.39. The molecule has 0 aromatic rings. The van der Waals surface area contributed by atoms with Crippen molar-refractivity contribution in [3.8, 4) is 0 Å². The van der Waals surface area contributed by atoms with Crippen LogP contribution in [0.3, 0.4) is 0 Å². The van der Waals surface area contributed by atoms with Gasteiger partial charge >= 0.3 is 5.76 Å². The van der Waals surface area contributed by atoms with Gasteiger partial charge in [-0.2, -0.15) is 13.1 Å². The van der Waals surface area contributed by atoms with Crippen LogP contribution in [0.2, 0.25) is 0 Å². The topological polar surface area (TPSA) is 57.6 Å². The van der Waals surface area contributed by atoms with Crippen LogP contribution in [0.5, 0.6) is 0 Å². The lowest BCUT2D eigenvalue weighted by Gasteiger charge is -2.17. The third-order valence-electron chi connectivity index (χ3n) is 3.37. The zero-order chi connectivity index (χ0) is 11.2. The lowest BCUT2D eigenvalue weighted by atomic mass is 10.00. The number of aliphatic hydroxyl groups excluding tert-OH is 1. The second-order valence-corrected chi connectivity index (χ2v) is 6.09. The molecular weight excluding hydrogens is 228 g/mol. The summed E-state index contributed by atoms with van der Waals surface area (Å²) in [5.41, 5.74) is 0.